The highest BCUT2D eigenvalue weighted by molar-refractivity contribution is 5.53. The number of rotatable bonds is 3. The Hall–Kier alpha value is -2.70. The second kappa shape index (κ2) is 6.18. The number of hydrogen-bond donors (Lipinski definition) is 0. The van der Waals surface area contributed by atoms with E-state index in [9.17, 15) is 0 Å². The molecule has 27 heavy (non-hydrogen) atoms. The molecule has 1 saturated heterocycles. The number of fused-ring (bicyclic) bond motifs is 1. The molecular formula is C20H25N7. The van der Waals surface area contributed by atoms with Crippen molar-refractivity contribution in [2.45, 2.75) is 39.5 Å². The fourth-order valence-electron chi connectivity index (χ4n) is 3.85. The van der Waals surface area contributed by atoms with Gasteiger partial charge in [-0.3, -0.25) is 0 Å². The van der Waals surface area contributed by atoms with Crippen LogP contribution in [0, 0.1) is 20.8 Å². The zero-order valence-corrected chi connectivity index (χ0v) is 16.2. The third-order valence-corrected chi connectivity index (χ3v) is 5.39. The summed E-state index contributed by atoms with van der Waals surface area (Å²) in [6.07, 6.45) is 2.47. The predicted octanol–water partition coefficient (Wildman–Crippen LogP) is 2.65. The molecule has 5 rings (SSSR count). The van der Waals surface area contributed by atoms with Gasteiger partial charge in [-0.2, -0.15) is 9.61 Å². The minimum atomic E-state index is 0.584. The van der Waals surface area contributed by atoms with E-state index in [2.05, 4.69) is 43.9 Å². The van der Waals surface area contributed by atoms with E-state index in [-0.39, 0.29) is 0 Å². The second-order valence-corrected chi connectivity index (χ2v) is 7.79. The van der Waals surface area contributed by atoms with Crippen molar-refractivity contribution in [3.05, 3.63) is 41.1 Å². The standard InChI is InChI=1S/C20H25N7/c1-13-10-17(23-20(22-13)16-4-5-16)25-6-8-26(9-7-25)19-12-14(2)21-18-11-15(3)24-27(18)19/h10-12,16H,4-9H2,1-3H3. The fourth-order valence-corrected chi connectivity index (χ4v) is 3.85. The first-order valence-corrected chi connectivity index (χ1v) is 9.76. The normalized spacial score (nSPS) is 17.7. The molecule has 1 saturated carbocycles. The third kappa shape index (κ3) is 3.11. The topological polar surface area (TPSA) is 62.5 Å². The average Bonchev–Trinajstić information content (AvgIpc) is 3.43. The smallest absolute Gasteiger partial charge is 0.157 e. The van der Waals surface area contributed by atoms with Gasteiger partial charge in [-0.1, -0.05) is 0 Å². The lowest BCUT2D eigenvalue weighted by molar-refractivity contribution is 0.630. The second-order valence-electron chi connectivity index (χ2n) is 7.79. The Morgan fingerprint density at radius 1 is 0.778 bits per heavy atom. The lowest BCUT2D eigenvalue weighted by Crippen LogP contribution is -2.47. The lowest BCUT2D eigenvalue weighted by atomic mass is 10.2. The first-order chi connectivity index (χ1) is 13.1. The van der Waals surface area contributed by atoms with Crippen molar-refractivity contribution in [1.82, 2.24) is 24.6 Å². The van der Waals surface area contributed by atoms with Gasteiger partial charge in [0.2, 0.25) is 0 Å². The molecule has 7 nitrogen and oxygen atoms in total. The molecule has 3 aromatic rings. The molecule has 3 aromatic heterocycles. The monoisotopic (exact) mass is 363 g/mol. The van der Waals surface area contributed by atoms with Crippen molar-refractivity contribution < 1.29 is 0 Å². The van der Waals surface area contributed by atoms with Gasteiger partial charge >= 0.3 is 0 Å². The van der Waals surface area contributed by atoms with Crippen molar-refractivity contribution in [1.29, 1.82) is 0 Å². The van der Waals surface area contributed by atoms with Gasteiger partial charge in [0.25, 0.3) is 0 Å². The van der Waals surface area contributed by atoms with Crippen LogP contribution in [0.5, 0.6) is 0 Å². The van der Waals surface area contributed by atoms with Crippen LogP contribution in [-0.4, -0.2) is 50.7 Å². The fraction of sp³-hybridized carbons (Fsp3) is 0.500. The van der Waals surface area contributed by atoms with E-state index in [1.54, 1.807) is 0 Å². The highest BCUT2D eigenvalue weighted by Gasteiger charge is 2.28. The SMILES string of the molecule is Cc1cc(N2CCN(c3cc(C)nc4cc(C)nn34)CC2)nc(C2CC2)n1. The largest absolute Gasteiger partial charge is 0.353 e. The molecule has 2 aliphatic rings. The quantitative estimate of drug-likeness (QED) is 0.713. The van der Waals surface area contributed by atoms with Crippen LogP contribution >= 0.6 is 0 Å². The van der Waals surface area contributed by atoms with Gasteiger partial charge in [-0.15, -0.1) is 0 Å². The first kappa shape index (κ1) is 16.5. The summed E-state index contributed by atoms with van der Waals surface area (Å²) in [5, 5.41) is 4.63. The molecule has 0 N–H and O–H groups in total. The Labute approximate surface area is 159 Å². The Balaban J connectivity index is 1.38. The minimum absolute atomic E-state index is 0.584. The van der Waals surface area contributed by atoms with Crippen molar-refractivity contribution in [3.8, 4) is 0 Å². The summed E-state index contributed by atoms with van der Waals surface area (Å²) in [4.78, 5) is 18.9. The van der Waals surface area contributed by atoms with E-state index in [0.717, 1.165) is 66.4 Å². The lowest BCUT2D eigenvalue weighted by Gasteiger charge is -2.36. The molecule has 2 fully saturated rings. The molecule has 140 valence electrons. The van der Waals surface area contributed by atoms with E-state index in [4.69, 9.17) is 4.98 Å². The molecule has 0 spiro atoms. The summed E-state index contributed by atoms with van der Waals surface area (Å²) in [6, 6.07) is 6.29. The van der Waals surface area contributed by atoms with Crippen LogP contribution in [0.2, 0.25) is 0 Å². The number of piperazine rings is 1. The van der Waals surface area contributed by atoms with E-state index in [1.165, 1.54) is 12.8 Å². The Morgan fingerprint density at radius 2 is 1.48 bits per heavy atom. The molecule has 1 aliphatic heterocycles. The summed E-state index contributed by atoms with van der Waals surface area (Å²) in [7, 11) is 0. The van der Waals surface area contributed by atoms with E-state index < -0.39 is 0 Å². The number of nitrogens with zero attached hydrogens (tertiary/aromatic N) is 7. The van der Waals surface area contributed by atoms with E-state index in [1.807, 2.05) is 24.4 Å². The van der Waals surface area contributed by atoms with Gasteiger partial charge in [0.1, 0.15) is 17.5 Å². The van der Waals surface area contributed by atoms with E-state index in [0.29, 0.717) is 5.92 Å². The molecule has 0 unspecified atom stereocenters. The summed E-state index contributed by atoms with van der Waals surface area (Å²) >= 11 is 0. The van der Waals surface area contributed by atoms with Gasteiger partial charge in [-0.05, 0) is 33.6 Å². The molecule has 0 radical (unpaired) electrons. The zero-order chi connectivity index (χ0) is 18.5. The minimum Gasteiger partial charge on any atom is -0.353 e. The maximum atomic E-state index is 4.85. The molecule has 0 bridgehead atoms. The van der Waals surface area contributed by atoms with Gasteiger partial charge in [0.15, 0.2) is 5.65 Å². The number of aromatic nitrogens is 5. The summed E-state index contributed by atoms with van der Waals surface area (Å²) in [5.41, 5.74) is 4.02. The Kier molecular flexibility index (Phi) is 3.77. The van der Waals surface area contributed by atoms with Crippen LogP contribution in [0.25, 0.3) is 5.65 Å². The van der Waals surface area contributed by atoms with Crippen LogP contribution in [-0.2, 0) is 0 Å². The molecule has 7 heteroatoms. The summed E-state index contributed by atoms with van der Waals surface area (Å²) < 4.78 is 1.97. The van der Waals surface area contributed by atoms with Crippen LogP contribution < -0.4 is 9.80 Å². The summed E-state index contributed by atoms with van der Waals surface area (Å²) in [6.45, 7) is 9.92. The highest BCUT2D eigenvalue weighted by Crippen LogP contribution is 2.38. The first-order valence-electron chi connectivity index (χ1n) is 9.76. The molecule has 0 amide bonds. The van der Waals surface area contributed by atoms with Gasteiger partial charge in [0.05, 0.1) is 5.69 Å². The van der Waals surface area contributed by atoms with Gasteiger partial charge in [-0.25, -0.2) is 15.0 Å². The van der Waals surface area contributed by atoms with Crippen molar-refractivity contribution >= 4 is 17.3 Å². The summed E-state index contributed by atoms with van der Waals surface area (Å²) in [5.74, 6) is 3.82. The average molecular weight is 363 g/mol. The Bertz CT molecular complexity index is 997. The van der Waals surface area contributed by atoms with Crippen LogP contribution in [0.1, 0.15) is 41.7 Å². The number of anilines is 2. The van der Waals surface area contributed by atoms with Crippen molar-refractivity contribution in [2.24, 2.45) is 0 Å². The maximum Gasteiger partial charge on any atom is 0.157 e. The third-order valence-electron chi connectivity index (χ3n) is 5.39. The van der Waals surface area contributed by atoms with Gasteiger partial charge in [0, 0.05) is 61.7 Å². The van der Waals surface area contributed by atoms with E-state index >= 15 is 0 Å². The highest BCUT2D eigenvalue weighted by atomic mass is 15.4. The van der Waals surface area contributed by atoms with Crippen molar-refractivity contribution in [3.63, 3.8) is 0 Å². The number of aryl methyl sites for hydroxylation is 3. The van der Waals surface area contributed by atoms with Crippen LogP contribution in [0.4, 0.5) is 11.6 Å². The maximum absolute atomic E-state index is 4.85. The molecular weight excluding hydrogens is 338 g/mol. The molecule has 0 aromatic carbocycles. The van der Waals surface area contributed by atoms with Crippen LogP contribution in [0.3, 0.4) is 0 Å². The molecule has 0 atom stereocenters. The predicted molar refractivity (Wildman–Crippen MR) is 106 cm³/mol. The Morgan fingerprint density at radius 3 is 2.22 bits per heavy atom. The number of hydrogen-bond acceptors (Lipinski definition) is 6. The zero-order valence-electron chi connectivity index (χ0n) is 16.2. The van der Waals surface area contributed by atoms with Crippen LogP contribution in [0.15, 0.2) is 18.2 Å². The van der Waals surface area contributed by atoms with Crippen molar-refractivity contribution in [2.75, 3.05) is 36.0 Å². The van der Waals surface area contributed by atoms with Gasteiger partial charge < -0.3 is 9.80 Å². The molecule has 4 heterocycles. The molecule has 1 aliphatic carbocycles.